The van der Waals surface area contributed by atoms with Gasteiger partial charge in [-0.15, -0.1) is 10.2 Å². The summed E-state index contributed by atoms with van der Waals surface area (Å²) in [5.41, 5.74) is 15.8. The number of nitrogens with one attached hydrogen (secondary N) is 1. The number of methoxy groups -OCH3 is 3. The van der Waals surface area contributed by atoms with Crippen LogP contribution in [-0.4, -0.2) is 91.8 Å². The molecule has 8 aromatic rings. The maximum Gasteiger partial charge on any atom is 0.335 e. The van der Waals surface area contributed by atoms with Gasteiger partial charge in [0.2, 0.25) is 0 Å². The Hall–Kier alpha value is -8.24. The molecule has 3 heterocycles. The highest BCUT2D eigenvalue weighted by atomic mass is 16.5. The number of hydrogen-bond donors (Lipinski definition) is 3. The maximum atomic E-state index is 13.3. The van der Waals surface area contributed by atoms with Crippen LogP contribution < -0.4 is 14.8 Å². The summed E-state index contributed by atoms with van der Waals surface area (Å²) < 4.78 is 18.8. The molecular formula is C60H65N7O9. The summed E-state index contributed by atoms with van der Waals surface area (Å²) >= 11 is 0. The van der Waals surface area contributed by atoms with Crippen LogP contribution in [0.25, 0.3) is 22.1 Å². The smallest absolute Gasteiger partial charge is 0.335 e. The number of Topliss-reactive ketones (excluding diaryl/α,β-unsaturated/α-hetero) is 1. The zero-order chi connectivity index (χ0) is 54.0. The van der Waals surface area contributed by atoms with Crippen molar-refractivity contribution in [3.05, 3.63) is 176 Å². The molecule has 76 heavy (non-hydrogen) atoms. The van der Waals surface area contributed by atoms with Crippen molar-refractivity contribution < 1.29 is 43.6 Å². The van der Waals surface area contributed by atoms with Gasteiger partial charge in [0, 0.05) is 43.0 Å². The lowest BCUT2D eigenvalue weighted by Crippen LogP contribution is -2.24. The van der Waals surface area contributed by atoms with E-state index < -0.39 is 11.9 Å². The van der Waals surface area contributed by atoms with E-state index >= 15 is 0 Å². The number of benzene rings is 6. The van der Waals surface area contributed by atoms with Crippen LogP contribution in [0.5, 0.6) is 11.5 Å². The third kappa shape index (κ3) is 12.0. The van der Waals surface area contributed by atoms with E-state index in [2.05, 4.69) is 82.3 Å². The fourth-order valence-corrected chi connectivity index (χ4v) is 10.5. The van der Waals surface area contributed by atoms with Crippen molar-refractivity contribution in [3.63, 3.8) is 0 Å². The molecule has 0 radical (unpaired) electrons. The molecule has 1 aliphatic carbocycles. The van der Waals surface area contributed by atoms with Gasteiger partial charge >= 0.3 is 17.9 Å². The minimum atomic E-state index is -0.923. The van der Waals surface area contributed by atoms with E-state index in [4.69, 9.17) is 19.3 Å². The summed E-state index contributed by atoms with van der Waals surface area (Å²) in [6, 6.07) is 34.5. The number of carbonyl (C=O) groups is 4. The first-order valence-electron chi connectivity index (χ1n) is 25.7. The Balaban J connectivity index is 0.000000172. The number of carboxylic acid groups (broad SMARTS) is 2. The van der Waals surface area contributed by atoms with Crippen LogP contribution in [-0.2, 0) is 53.2 Å². The number of aromatic nitrogens is 6. The van der Waals surface area contributed by atoms with E-state index in [0.29, 0.717) is 24.2 Å². The number of nitrogens with zero attached hydrogens (tertiary/aromatic N) is 6. The van der Waals surface area contributed by atoms with Crippen molar-refractivity contribution in [2.24, 2.45) is 5.92 Å². The SMILES string of the molecule is CCn1nnc2c(C)c(C(CC(=O)O)c3ccc4c(c3)CC(C(=O)c3ccc(OC)cc3)CC4)ccc21.CCn1nnc2c(C)c(C(CC(=O)OC)c3ccc4c(c3)CNCC4)ccc21.COc1ccc(C(=O)O)cc1. The Morgan fingerprint density at radius 1 is 0.632 bits per heavy atom. The van der Waals surface area contributed by atoms with Crippen LogP contribution in [0.2, 0.25) is 0 Å². The normalized spacial score (nSPS) is 14.4. The lowest BCUT2D eigenvalue weighted by atomic mass is 9.77. The number of ketones is 1. The van der Waals surface area contributed by atoms with Gasteiger partial charge in [0.25, 0.3) is 0 Å². The number of aliphatic carboxylic acids is 1. The van der Waals surface area contributed by atoms with Crippen molar-refractivity contribution in [1.29, 1.82) is 0 Å². The molecule has 1 aliphatic heterocycles. The lowest BCUT2D eigenvalue weighted by Gasteiger charge is -2.26. The molecule has 3 atom stereocenters. The molecule has 10 rings (SSSR count). The molecule has 3 unspecified atom stereocenters. The Morgan fingerprint density at radius 2 is 1.14 bits per heavy atom. The molecule has 16 heteroatoms. The molecule has 2 aliphatic rings. The zero-order valence-corrected chi connectivity index (χ0v) is 44.1. The van der Waals surface area contributed by atoms with E-state index in [9.17, 15) is 24.3 Å². The third-order valence-corrected chi connectivity index (χ3v) is 14.8. The van der Waals surface area contributed by atoms with Gasteiger partial charge in [-0.1, -0.05) is 59.0 Å². The molecule has 6 aromatic carbocycles. The topological polar surface area (TPSA) is 210 Å². The van der Waals surface area contributed by atoms with Gasteiger partial charge in [-0.2, -0.15) is 0 Å². The minimum Gasteiger partial charge on any atom is -0.497 e. The summed E-state index contributed by atoms with van der Waals surface area (Å²) in [7, 11) is 4.59. The number of fused-ring (bicyclic) bond motifs is 4. The van der Waals surface area contributed by atoms with Gasteiger partial charge in [-0.3, -0.25) is 14.4 Å². The van der Waals surface area contributed by atoms with Gasteiger partial charge in [-0.05, 0) is 176 Å². The molecule has 2 aromatic heterocycles. The van der Waals surface area contributed by atoms with Gasteiger partial charge in [-0.25, -0.2) is 14.2 Å². The molecule has 3 N–H and O–H groups in total. The number of carbonyl (C=O) groups excluding carboxylic acids is 2. The maximum absolute atomic E-state index is 13.3. The lowest BCUT2D eigenvalue weighted by molar-refractivity contribution is -0.141. The van der Waals surface area contributed by atoms with E-state index in [1.165, 1.54) is 43.0 Å². The number of carboxylic acids is 2. The number of hydrogen-bond acceptors (Lipinski definition) is 12. The van der Waals surface area contributed by atoms with Crippen LogP contribution in [0.3, 0.4) is 0 Å². The van der Waals surface area contributed by atoms with Crippen LogP contribution in [0.4, 0.5) is 0 Å². The second-order valence-corrected chi connectivity index (χ2v) is 19.1. The van der Waals surface area contributed by atoms with Crippen molar-refractivity contribution in [2.45, 2.75) is 97.7 Å². The highest BCUT2D eigenvalue weighted by Gasteiger charge is 2.29. The number of aromatic carboxylic acids is 1. The van der Waals surface area contributed by atoms with E-state index in [0.717, 1.165) is 112 Å². The molecule has 394 valence electrons. The van der Waals surface area contributed by atoms with Gasteiger partial charge < -0.3 is 29.7 Å². The van der Waals surface area contributed by atoms with Crippen molar-refractivity contribution in [2.75, 3.05) is 27.9 Å². The first kappa shape index (κ1) is 54.0. The van der Waals surface area contributed by atoms with E-state index in [1.54, 1.807) is 19.2 Å². The van der Waals surface area contributed by atoms with Crippen molar-refractivity contribution in [1.82, 2.24) is 35.3 Å². The summed E-state index contributed by atoms with van der Waals surface area (Å²) in [6.07, 6.45) is 3.60. The fraction of sp³-hybridized carbons (Fsp3) is 0.333. The molecule has 0 amide bonds. The molecule has 0 fully saturated rings. The number of rotatable bonds is 15. The quantitative estimate of drug-likeness (QED) is 0.0645. The summed E-state index contributed by atoms with van der Waals surface area (Å²) in [4.78, 5) is 47.8. The van der Waals surface area contributed by atoms with Gasteiger partial charge in [0.1, 0.15) is 22.5 Å². The minimum absolute atomic E-state index is 0.0265. The predicted octanol–water partition coefficient (Wildman–Crippen LogP) is 9.86. The Labute approximate surface area is 442 Å². The third-order valence-electron chi connectivity index (χ3n) is 14.8. The van der Waals surface area contributed by atoms with Crippen LogP contribution in [0.1, 0.15) is 121 Å². The molecule has 0 spiro atoms. The number of esters is 1. The van der Waals surface area contributed by atoms with Crippen LogP contribution in [0, 0.1) is 19.8 Å². The number of ether oxygens (including phenoxy) is 3. The van der Waals surface area contributed by atoms with Crippen molar-refractivity contribution in [3.8, 4) is 11.5 Å². The Bertz CT molecular complexity index is 3380. The average molecular weight is 1030 g/mol. The highest BCUT2D eigenvalue weighted by Crippen LogP contribution is 2.38. The Morgan fingerprint density at radius 3 is 1.64 bits per heavy atom. The summed E-state index contributed by atoms with van der Waals surface area (Å²) in [5.74, 6) is -0.956. The summed E-state index contributed by atoms with van der Waals surface area (Å²) in [5, 5.41) is 39.0. The monoisotopic (exact) mass is 1030 g/mol. The van der Waals surface area contributed by atoms with Crippen LogP contribution >= 0.6 is 0 Å². The van der Waals surface area contributed by atoms with Gasteiger partial charge in [0.05, 0.1) is 50.8 Å². The second-order valence-electron chi connectivity index (χ2n) is 19.1. The van der Waals surface area contributed by atoms with Crippen molar-refractivity contribution >= 4 is 45.8 Å². The molecule has 16 nitrogen and oxygen atoms in total. The average Bonchev–Trinajstić information content (AvgIpc) is 4.10. The standard InChI is InChI=1S/C30H31N3O4.C22H26N4O2.C8H8O3/c1-4-33-27-14-13-25(18(2)29(27)31-32-33)26(17-28(34)35)21-7-5-19-6-8-22(16-23(19)15-21)30(36)20-9-11-24(37-3)12-10-20;1-4-26-20-8-7-18(14(2)22(20)24-25-26)19(12-21(27)28-3)16-6-5-15-9-10-23-13-17(15)11-16;1-11-7-4-2-6(3-5-7)8(9)10/h5,7,9-15,22,26H,4,6,8,16-17H2,1-3H3,(H,34,35);5-8,11,19,23H,4,9-10,12-13H2,1-3H3;2-5H,1H3,(H,9,10). The number of aryl methyl sites for hydroxylation is 5. The molecule has 0 saturated heterocycles. The van der Waals surface area contributed by atoms with Gasteiger partial charge in [0.15, 0.2) is 5.78 Å². The van der Waals surface area contributed by atoms with E-state index in [-0.39, 0.29) is 41.5 Å². The Kier molecular flexibility index (Phi) is 17.4. The molecule has 0 bridgehead atoms. The van der Waals surface area contributed by atoms with E-state index in [1.807, 2.05) is 65.7 Å². The fourth-order valence-electron chi connectivity index (χ4n) is 10.5. The second kappa shape index (κ2) is 24.4. The first-order chi connectivity index (χ1) is 36.7. The van der Waals surface area contributed by atoms with Crippen LogP contribution in [0.15, 0.2) is 109 Å². The predicted molar refractivity (Wildman–Crippen MR) is 290 cm³/mol. The highest BCUT2D eigenvalue weighted by molar-refractivity contribution is 5.98. The molecular weight excluding hydrogens is 963 g/mol. The zero-order valence-electron chi connectivity index (χ0n) is 44.1. The summed E-state index contributed by atoms with van der Waals surface area (Å²) in [6.45, 7) is 11.5. The molecule has 0 saturated carbocycles. The first-order valence-corrected chi connectivity index (χ1v) is 25.7. The largest absolute Gasteiger partial charge is 0.497 e.